The Hall–Kier alpha value is -4.72. The van der Waals surface area contributed by atoms with Crippen LogP contribution < -0.4 is 41.9 Å². The molecule has 5 rings (SSSR count). The van der Waals surface area contributed by atoms with Crippen molar-refractivity contribution in [2.75, 3.05) is 49.4 Å². The molecule has 0 amide bonds. The quantitative estimate of drug-likeness (QED) is 0.0356. The van der Waals surface area contributed by atoms with Gasteiger partial charge in [0.25, 0.3) is 0 Å². The van der Waals surface area contributed by atoms with Gasteiger partial charge in [0, 0.05) is 92.9 Å². The van der Waals surface area contributed by atoms with Gasteiger partial charge in [0.05, 0.1) is 26.4 Å². The predicted molar refractivity (Wildman–Crippen MR) is 253 cm³/mol. The number of rotatable bonds is 24. The molecule has 0 saturated heterocycles. The van der Waals surface area contributed by atoms with E-state index in [0.717, 1.165) is 119 Å². The fourth-order valence-corrected chi connectivity index (χ4v) is 8.55. The van der Waals surface area contributed by atoms with Crippen molar-refractivity contribution in [3.63, 3.8) is 0 Å². The van der Waals surface area contributed by atoms with Crippen molar-refractivity contribution in [1.82, 2.24) is 0 Å². The first-order valence-corrected chi connectivity index (χ1v) is 23.4. The lowest BCUT2D eigenvalue weighted by Crippen LogP contribution is -2.12. The lowest BCUT2D eigenvalue weighted by Gasteiger charge is -2.24. The molecule has 4 aromatic carbocycles. The Morgan fingerprint density at radius 1 is 0.300 bits per heavy atom. The summed E-state index contributed by atoms with van der Waals surface area (Å²) < 4.78 is 27.4. The molecule has 0 saturated carbocycles. The SMILES string of the molecule is CCCCCCOc1c2cc(N)cc1Cc1cc(N)cc(c1OCCCCCC)Cc1cc(N)cc(c1OCCCCCC)Cc1cc(N)cc(c1OCCCCCC)C2. The average Bonchev–Trinajstić information content (AvgIpc) is 3.20. The molecule has 60 heavy (non-hydrogen) atoms. The summed E-state index contributed by atoms with van der Waals surface area (Å²) in [5.74, 6) is 3.45. The van der Waals surface area contributed by atoms with Crippen molar-refractivity contribution in [1.29, 1.82) is 0 Å². The van der Waals surface area contributed by atoms with E-state index in [9.17, 15) is 0 Å². The minimum Gasteiger partial charge on any atom is -0.493 e. The van der Waals surface area contributed by atoms with E-state index in [0.29, 0.717) is 74.9 Å². The first-order chi connectivity index (χ1) is 29.2. The van der Waals surface area contributed by atoms with Crippen LogP contribution in [0.3, 0.4) is 0 Å². The second-order valence-corrected chi connectivity index (χ2v) is 17.0. The molecule has 4 aromatic rings. The summed E-state index contributed by atoms with van der Waals surface area (Å²) >= 11 is 0. The lowest BCUT2D eigenvalue weighted by atomic mass is 9.90. The topological polar surface area (TPSA) is 141 Å². The number of nitrogen functional groups attached to an aromatic ring is 4. The Kier molecular flexibility index (Phi) is 18.9. The van der Waals surface area contributed by atoms with E-state index in [4.69, 9.17) is 41.9 Å². The van der Waals surface area contributed by atoms with Crippen LogP contribution in [0.25, 0.3) is 0 Å². The zero-order valence-electron chi connectivity index (χ0n) is 37.5. The molecule has 8 N–H and O–H groups in total. The average molecular weight is 821 g/mol. The van der Waals surface area contributed by atoms with Gasteiger partial charge in [0.1, 0.15) is 23.0 Å². The van der Waals surface area contributed by atoms with Crippen LogP contribution in [-0.4, -0.2) is 26.4 Å². The molecule has 8 bridgehead atoms. The number of hydrogen-bond donors (Lipinski definition) is 4. The van der Waals surface area contributed by atoms with Crippen LogP contribution in [0.4, 0.5) is 22.7 Å². The third-order valence-corrected chi connectivity index (χ3v) is 11.6. The van der Waals surface area contributed by atoms with Gasteiger partial charge in [-0.15, -0.1) is 0 Å². The maximum Gasteiger partial charge on any atom is 0.126 e. The summed E-state index contributed by atoms with van der Waals surface area (Å²) in [5.41, 5.74) is 38.0. The van der Waals surface area contributed by atoms with E-state index in [2.05, 4.69) is 76.2 Å². The van der Waals surface area contributed by atoms with Crippen LogP contribution in [0, 0.1) is 0 Å². The maximum absolute atomic E-state index is 6.84. The minimum atomic E-state index is 0.538. The number of hydrogen-bond acceptors (Lipinski definition) is 8. The highest BCUT2D eigenvalue weighted by Gasteiger charge is 2.24. The minimum absolute atomic E-state index is 0.538. The molecular formula is C52H76N4O4. The van der Waals surface area contributed by atoms with Crippen molar-refractivity contribution in [3.8, 4) is 23.0 Å². The van der Waals surface area contributed by atoms with Crippen molar-refractivity contribution >= 4 is 22.7 Å². The number of unbranched alkanes of at least 4 members (excludes halogenated alkanes) is 12. The van der Waals surface area contributed by atoms with Crippen molar-refractivity contribution in [2.45, 2.75) is 156 Å². The van der Waals surface area contributed by atoms with Crippen molar-refractivity contribution in [3.05, 3.63) is 93.0 Å². The highest BCUT2D eigenvalue weighted by atomic mass is 16.5. The highest BCUT2D eigenvalue weighted by molar-refractivity contribution is 5.64. The second-order valence-electron chi connectivity index (χ2n) is 17.0. The summed E-state index contributed by atoms with van der Waals surface area (Å²) in [5, 5.41) is 0. The van der Waals surface area contributed by atoms with Crippen LogP contribution in [0.15, 0.2) is 48.5 Å². The second kappa shape index (κ2) is 24.5. The van der Waals surface area contributed by atoms with Crippen LogP contribution in [0.1, 0.15) is 175 Å². The zero-order valence-corrected chi connectivity index (χ0v) is 37.5. The third kappa shape index (κ3) is 13.7. The molecule has 1 aliphatic rings. The molecule has 0 fully saturated rings. The summed E-state index contributed by atoms with van der Waals surface area (Å²) in [7, 11) is 0. The van der Waals surface area contributed by atoms with E-state index in [1.165, 1.54) is 51.4 Å². The molecule has 0 aliphatic heterocycles. The highest BCUT2D eigenvalue weighted by Crippen LogP contribution is 2.42. The first kappa shape index (κ1) is 46.3. The molecular weight excluding hydrogens is 745 g/mol. The normalized spacial score (nSPS) is 12.3. The Morgan fingerprint density at radius 2 is 0.483 bits per heavy atom. The Balaban J connectivity index is 1.73. The van der Waals surface area contributed by atoms with Gasteiger partial charge in [0.15, 0.2) is 0 Å². The van der Waals surface area contributed by atoms with E-state index in [-0.39, 0.29) is 0 Å². The first-order valence-electron chi connectivity index (χ1n) is 23.4. The van der Waals surface area contributed by atoms with E-state index in [1.807, 2.05) is 0 Å². The van der Waals surface area contributed by atoms with Crippen molar-refractivity contribution < 1.29 is 18.9 Å². The van der Waals surface area contributed by atoms with Crippen LogP contribution in [-0.2, 0) is 25.7 Å². The fraction of sp³-hybridized carbons (Fsp3) is 0.538. The monoisotopic (exact) mass is 821 g/mol. The molecule has 8 heteroatoms. The summed E-state index contributed by atoms with van der Waals surface area (Å²) in [6, 6.07) is 16.5. The number of ether oxygens (including phenoxy) is 4. The Morgan fingerprint density at radius 3 is 0.650 bits per heavy atom. The predicted octanol–water partition coefficient (Wildman–Crippen LogP) is 12.5. The van der Waals surface area contributed by atoms with Gasteiger partial charge >= 0.3 is 0 Å². The molecule has 1 aliphatic carbocycles. The summed E-state index contributed by atoms with van der Waals surface area (Å²) in [4.78, 5) is 0. The lowest BCUT2D eigenvalue weighted by molar-refractivity contribution is 0.293. The molecule has 0 unspecified atom stereocenters. The Labute approximate surface area is 362 Å². The molecule has 0 heterocycles. The fourth-order valence-electron chi connectivity index (χ4n) is 8.55. The van der Waals surface area contributed by atoms with E-state index in [1.54, 1.807) is 0 Å². The van der Waals surface area contributed by atoms with Gasteiger partial charge in [-0.3, -0.25) is 0 Å². The van der Waals surface area contributed by atoms with Gasteiger partial charge in [-0.2, -0.15) is 0 Å². The summed E-state index contributed by atoms with van der Waals surface area (Å²) in [6.45, 7) is 11.4. The van der Waals surface area contributed by atoms with Gasteiger partial charge in [-0.25, -0.2) is 0 Å². The van der Waals surface area contributed by atoms with Crippen LogP contribution in [0.2, 0.25) is 0 Å². The van der Waals surface area contributed by atoms with Gasteiger partial charge in [-0.05, 0) is 74.2 Å². The van der Waals surface area contributed by atoms with E-state index >= 15 is 0 Å². The van der Waals surface area contributed by atoms with Gasteiger partial charge in [0.2, 0.25) is 0 Å². The largest absolute Gasteiger partial charge is 0.493 e. The number of anilines is 4. The zero-order chi connectivity index (χ0) is 42.7. The van der Waals surface area contributed by atoms with Crippen molar-refractivity contribution in [2.24, 2.45) is 0 Å². The molecule has 0 atom stereocenters. The Bertz CT molecular complexity index is 1570. The number of benzene rings is 4. The number of fused-ring (bicyclic) bond motifs is 8. The van der Waals surface area contributed by atoms with Crippen LogP contribution >= 0.6 is 0 Å². The molecule has 328 valence electrons. The summed E-state index contributed by atoms with van der Waals surface area (Å²) in [6.07, 6.45) is 19.9. The van der Waals surface area contributed by atoms with Gasteiger partial charge in [-0.1, -0.05) is 105 Å². The van der Waals surface area contributed by atoms with Gasteiger partial charge < -0.3 is 41.9 Å². The maximum atomic E-state index is 6.84. The smallest absolute Gasteiger partial charge is 0.126 e. The standard InChI is InChI=1S/C52H76N4O4/c1-5-9-13-17-21-57-49-37-25-39-31-46(54)33-41(50(39)58-22-18-14-10-6-2)27-43-35-48(56)36-44(52(43)60-24-20-16-12-8-4)28-42-34-47(55)32-40(26-38(49)30-45(53)29-37)51(42)59-23-19-15-11-7-3/h29-36H,5-28,53-56H2,1-4H3. The van der Waals surface area contributed by atoms with E-state index < -0.39 is 0 Å². The van der Waals surface area contributed by atoms with Crippen LogP contribution in [0.5, 0.6) is 23.0 Å². The molecule has 0 spiro atoms. The molecule has 8 nitrogen and oxygen atoms in total. The molecule has 0 radical (unpaired) electrons. The number of nitrogens with two attached hydrogens (primary N) is 4. The third-order valence-electron chi connectivity index (χ3n) is 11.6. The molecule has 0 aromatic heterocycles.